The second-order valence-electron chi connectivity index (χ2n) is 4.04. The quantitative estimate of drug-likeness (QED) is 0.638. The molecule has 0 aromatic rings. The lowest BCUT2D eigenvalue weighted by atomic mass is 10.1. The number of ether oxygens (including phenoxy) is 2. The second kappa shape index (κ2) is 9.10. The van der Waals surface area contributed by atoms with Crippen molar-refractivity contribution < 1.29 is 13.7 Å². The SMILES string of the molecule is COCCOCCCNC1CCS(=O)CC1. The molecule has 1 rings (SSSR count). The molecule has 1 aliphatic rings. The molecule has 0 radical (unpaired) electrons. The second-order valence-corrected chi connectivity index (χ2v) is 5.73. The lowest BCUT2D eigenvalue weighted by molar-refractivity contribution is 0.0692. The van der Waals surface area contributed by atoms with Crippen molar-refractivity contribution in [3.05, 3.63) is 0 Å². The van der Waals surface area contributed by atoms with Crippen molar-refractivity contribution in [2.24, 2.45) is 0 Å². The van der Waals surface area contributed by atoms with Gasteiger partial charge in [-0.3, -0.25) is 4.21 Å². The highest BCUT2D eigenvalue weighted by Gasteiger charge is 2.16. The van der Waals surface area contributed by atoms with Crippen molar-refractivity contribution in [2.45, 2.75) is 25.3 Å². The lowest BCUT2D eigenvalue weighted by Crippen LogP contribution is -2.36. The topological polar surface area (TPSA) is 47.6 Å². The molecule has 1 aliphatic heterocycles. The van der Waals surface area contributed by atoms with Gasteiger partial charge in [-0.15, -0.1) is 0 Å². The van der Waals surface area contributed by atoms with Crippen molar-refractivity contribution in [1.29, 1.82) is 0 Å². The minimum atomic E-state index is -0.552. The van der Waals surface area contributed by atoms with Gasteiger partial charge < -0.3 is 14.8 Å². The van der Waals surface area contributed by atoms with E-state index < -0.39 is 10.8 Å². The van der Waals surface area contributed by atoms with Gasteiger partial charge in [-0.1, -0.05) is 0 Å². The summed E-state index contributed by atoms with van der Waals surface area (Å²) in [5.74, 6) is 1.73. The van der Waals surface area contributed by atoms with Crippen molar-refractivity contribution in [1.82, 2.24) is 5.32 Å². The molecule has 0 atom stereocenters. The summed E-state index contributed by atoms with van der Waals surface area (Å²) in [6.07, 6.45) is 3.14. The first-order valence-electron chi connectivity index (χ1n) is 5.98. The van der Waals surface area contributed by atoms with Crippen molar-refractivity contribution in [3.8, 4) is 0 Å². The maximum absolute atomic E-state index is 11.1. The molecule has 0 amide bonds. The number of methoxy groups -OCH3 is 1. The Hall–Kier alpha value is 0.0300. The molecule has 0 aromatic carbocycles. The molecule has 0 bridgehead atoms. The Kier molecular flexibility index (Phi) is 8.02. The summed E-state index contributed by atoms with van der Waals surface area (Å²) in [5, 5.41) is 3.49. The van der Waals surface area contributed by atoms with Gasteiger partial charge >= 0.3 is 0 Å². The molecule has 0 spiro atoms. The Morgan fingerprint density at radius 3 is 2.69 bits per heavy atom. The molecule has 1 fully saturated rings. The largest absolute Gasteiger partial charge is 0.382 e. The van der Waals surface area contributed by atoms with E-state index in [1.165, 1.54) is 0 Å². The van der Waals surface area contributed by atoms with Crippen LogP contribution in [0.3, 0.4) is 0 Å². The molecule has 0 saturated carbocycles. The first-order valence-corrected chi connectivity index (χ1v) is 7.47. The van der Waals surface area contributed by atoms with Crippen LogP contribution in [0.5, 0.6) is 0 Å². The number of nitrogens with one attached hydrogen (secondary N) is 1. The predicted octanol–water partition coefficient (Wildman–Crippen LogP) is 0.540. The van der Waals surface area contributed by atoms with Crippen LogP contribution in [0.1, 0.15) is 19.3 Å². The van der Waals surface area contributed by atoms with E-state index >= 15 is 0 Å². The Morgan fingerprint density at radius 1 is 1.25 bits per heavy atom. The zero-order valence-corrected chi connectivity index (χ0v) is 10.9. The van der Waals surface area contributed by atoms with Crippen molar-refractivity contribution in [3.63, 3.8) is 0 Å². The summed E-state index contributed by atoms with van der Waals surface area (Å²) in [6, 6.07) is 0.566. The van der Waals surface area contributed by atoms with Gasteiger partial charge in [-0.05, 0) is 25.8 Å². The highest BCUT2D eigenvalue weighted by molar-refractivity contribution is 7.85. The minimum absolute atomic E-state index is 0.552. The van der Waals surface area contributed by atoms with Crippen LogP contribution in [0.2, 0.25) is 0 Å². The first kappa shape index (κ1) is 14.1. The van der Waals surface area contributed by atoms with Gasteiger partial charge in [0.2, 0.25) is 0 Å². The van der Waals surface area contributed by atoms with E-state index in [0.717, 1.165) is 43.9 Å². The maximum atomic E-state index is 11.1. The van der Waals surface area contributed by atoms with Gasteiger partial charge in [0.15, 0.2) is 0 Å². The number of hydrogen-bond donors (Lipinski definition) is 1. The van der Waals surface area contributed by atoms with E-state index in [-0.39, 0.29) is 0 Å². The zero-order valence-electron chi connectivity index (χ0n) is 10.1. The van der Waals surface area contributed by atoms with Crippen LogP contribution < -0.4 is 5.32 Å². The van der Waals surface area contributed by atoms with Crippen LogP contribution >= 0.6 is 0 Å². The zero-order chi connectivity index (χ0) is 11.6. The van der Waals surface area contributed by atoms with Gasteiger partial charge in [0.25, 0.3) is 0 Å². The monoisotopic (exact) mass is 249 g/mol. The van der Waals surface area contributed by atoms with E-state index in [4.69, 9.17) is 9.47 Å². The minimum Gasteiger partial charge on any atom is -0.382 e. The molecular weight excluding hydrogens is 226 g/mol. The highest BCUT2D eigenvalue weighted by Crippen LogP contribution is 2.08. The smallest absolute Gasteiger partial charge is 0.0700 e. The third kappa shape index (κ3) is 6.58. The van der Waals surface area contributed by atoms with E-state index in [9.17, 15) is 4.21 Å². The maximum Gasteiger partial charge on any atom is 0.0700 e. The normalized spacial score (nSPS) is 25.8. The van der Waals surface area contributed by atoms with E-state index in [2.05, 4.69) is 5.32 Å². The highest BCUT2D eigenvalue weighted by atomic mass is 32.2. The van der Waals surface area contributed by atoms with Crippen LogP contribution in [-0.2, 0) is 20.3 Å². The first-order chi connectivity index (χ1) is 7.83. The fourth-order valence-corrected chi connectivity index (χ4v) is 3.02. The third-order valence-corrected chi connectivity index (χ3v) is 4.10. The number of hydrogen-bond acceptors (Lipinski definition) is 4. The molecule has 0 aromatic heterocycles. The van der Waals surface area contributed by atoms with Crippen LogP contribution in [0, 0.1) is 0 Å². The predicted molar refractivity (Wildman–Crippen MR) is 66.2 cm³/mol. The van der Waals surface area contributed by atoms with Gasteiger partial charge in [0.1, 0.15) is 0 Å². The van der Waals surface area contributed by atoms with E-state index in [1.54, 1.807) is 7.11 Å². The Balaban J connectivity index is 1.85. The lowest BCUT2D eigenvalue weighted by Gasteiger charge is -2.22. The van der Waals surface area contributed by atoms with Crippen molar-refractivity contribution in [2.75, 3.05) is 45.0 Å². The average molecular weight is 249 g/mol. The molecule has 1 heterocycles. The standard InChI is InChI=1S/C11H23NO3S/c1-14-7-8-15-6-2-5-12-11-3-9-16(13)10-4-11/h11-12H,2-10H2,1H3. The van der Waals surface area contributed by atoms with Gasteiger partial charge in [-0.2, -0.15) is 0 Å². The van der Waals surface area contributed by atoms with Gasteiger partial charge in [0.05, 0.1) is 13.2 Å². The molecule has 0 unspecified atom stereocenters. The van der Waals surface area contributed by atoms with Gasteiger partial charge in [-0.25, -0.2) is 0 Å². The van der Waals surface area contributed by atoms with Crippen LogP contribution in [-0.4, -0.2) is 55.2 Å². The van der Waals surface area contributed by atoms with E-state index in [1.807, 2.05) is 0 Å². The molecule has 1 N–H and O–H groups in total. The Labute approximate surface area is 101 Å². The fourth-order valence-electron chi connectivity index (χ4n) is 1.72. The summed E-state index contributed by atoms with van der Waals surface area (Å²) >= 11 is 0. The molecule has 4 nitrogen and oxygen atoms in total. The molecule has 0 aliphatic carbocycles. The van der Waals surface area contributed by atoms with Crippen LogP contribution in [0.15, 0.2) is 0 Å². The van der Waals surface area contributed by atoms with Crippen LogP contribution in [0.25, 0.3) is 0 Å². The molecule has 1 saturated heterocycles. The third-order valence-electron chi connectivity index (χ3n) is 2.72. The molecular formula is C11H23NO3S. The van der Waals surface area contributed by atoms with E-state index in [0.29, 0.717) is 19.3 Å². The van der Waals surface area contributed by atoms with Crippen molar-refractivity contribution >= 4 is 10.8 Å². The summed E-state index contributed by atoms with van der Waals surface area (Å²) in [7, 11) is 1.13. The Bertz CT molecular complexity index is 192. The van der Waals surface area contributed by atoms with Crippen LogP contribution in [0.4, 0.5) is 0 Å². The average Bonchev–Trinajstić information content (AvgIpc) is 2.30. The summed E-state index contributed by atoms with van der Waals surface area (Å²) in [4.78, 5) is 0. The summed E-state index contributed by atoms with van der Waals surface area (Å²) in [5.41, 5.74) is 0. The summed E-state index contributed by atoms with van der Waals surface area (Å²) < 4.78 is 21.4. The molecule has 5 heteroatoms. The number of rotatable bonds is 8. The molecule has 96 valence electrons. The molecule has 16 heavy (non-hydrogen) atoms. The van der Waals surface area contributed by atoms with Gasteiger partial charge in [0, 0.05) is 42.1 Å². The fraction of sp³-hybridized carbons (Fsp3) is 1.00. The Morgan fingerprint density at radius 2 is 2.00 bits per heavy atom. The summed E-state index contributed by atoms with van der Waals surface area (Å²) in [6.45, 7) is 3.13.